The molecule has 0 spiro atoms. The second-order valence-corrected chi connectivity index (χ2v) is 7.03. The lowest BCUT2D eigenvalue weighted by molar-refractivity contribution is -0.124. The first-order valence-corrected chi connectivity index (χ1v) is 8.77. The van der Waals surface area contributed by atoms with E-state index in [2.05, 4.69) is 10.6 Å². The Balaban J connectivity index is 1.71. The van der Waals surface area contributed by atoms with E-state index >= 15 is 0 Å². The second-order valence-electron chi connectivity index (χ2n) is 6.63. The van der Waals surface area contributed by atoms with Crippen molar-refractivity contribution in [2.24, 2.45) is 0 Å². The molecule has 0 bridgehead atoms. The van der Waals surface area contributed by atoms with Gasteiger partial charge in [-0.1, -0.05) is 23.7 Å². The molecule has 1 unspecified atom stereocenters. The molecule has 1 fully saturated rings. The van der Waals surface area contributed by atoms with E-state index in [0.717, 1.165) is 0 Å². The molecule has 0 aliphatic carbocycles. The van der Waals surface area contributed by atoms with Gasteiger partial charge in [0.1, 0.15) is 11.6 Å². The summed E-state index contributed by atoms with van der Waals surface area (Å²) >= 11 is 6.12. The number of hydrogen-bond donors (Lipinski definition) is 2. The Bertz CT molecular complexity index is 1010. The summed E-state index contributed by atoms with van der Waals surface area (Å²) in [5.74, 6) is -0.969. The number of rotatable bonds is 4. The van der Waals surface area contributed by atoms with Gasteiger partial charge in [-0.15, -0.1) is 0 Å². The third-order valence-electron chi connectivity index (χ3n) is 4.96. The maximum atomic E-state index is 13.4. The smallest absolute Gasteiger partial charge is 0.322 e. The zero-order chi connectivity index (χ0) is 20.1. The highest BCUT2D eigenvalue weighted by Crippen LogP contribution is 2.35. The van der Waals surface area contributed by atoms with Crippen LogP contribution in [0.2, 0.25) is 5.02 Å². The molecule has 2 heterocycles. The average molecular weight is 404 g/mol. The van der Waals surface area contributed by atoms with Crippen molar-refractivity contribution in [3.8, 4) is 5.75 Å². The van der Waals surface area contributed by atoms with Crippen LogP contribution in [0.4, 0.5) is 9.18 Å². The number of carbonyl (C=O) groups is 3. The van der Waals surface area contributed by atoms with E-state index in [9.17, 15) is 18.8 Å². The number of urea groups is 1. The molecule has 2 aliphatic rings. The molecule has 2 aromatic carbocycles. The first-order valence-electron chi connectivity index (χ1n) is 8.39. The molecule has 1 saturated heterocycles. The number of amides is 4. The Kier molecular flexibility index (Phi) is 4.23. The Morgan fingerprint density at radius 3 is 2.54 bits per heavy atom. The van der Waals surface area contributed by atoms with Gasteiger partial charge in [-0.05, 0) is 35.4 Å². The quantitative estimate of drug-likeness (QED) is 0.766. The van der Waals surface area contributed by atoms with Crippen molar-refractivity contribution in [2.45, 2.75) is 12.1 Å². The molecule has 2 aliphatic heterocycles. The van der Waals surface area contributed by atoms with E-state index in [1.165, 1.54) is 42.3 Å². The van der Waals surface area contributed by atoms with E-state index in [1.54, 1.807) is 6.07 Å². The predicted octanol–water partition coefficient (Wildman–Crippen LogP) is 2.18. The number of ether oxygens (including phenoxy) is 1. The number of fused-ring (bicyclic) bond motifs is 1. The Morgan fingerprint density at radius 2 is 1.93 bits per heavy atom. The largest absolute Gasteiger partial charge is 0.495 e. The number of benzene rings is 2. The van der Waals surface area contributed by atoms with E-state index in [0.29, 0.717) is 27.5 Å². The van der Waals surface area contributed by atoms with Gasteiger partial charge in [0.25, 0.3) is 11.8 Å². The fraction of sp³-hybridized carbons (Fsp3) is 0.211. The Morgan fingerprint density at radius 1 is 1.21 bits per heavy atom. The number of nitrogens with zero attached hydrogens (tertiary/aromatic N) is 1. The molecule has 28 heavy (non-hydrogen) atoms. The summed E-state index contributed by atoms with van der Waals surface area (Å²) in [6.45, 7) is 0.0947. The first-order chi connectivity index (χ1) is 13.3. The van der Waals surface area contributed by atoms with Crippen molar-refractivity contribution in [2.75, 3.05) is 13.7 Å². The van der Waals surface area contributed by atoms with Crippen molar-refractivity contribution in [1.82, 2.24) is 15.5 Å². The normalized spacial score (nSPS) is 20.8. The summed E-state index contributed by atoms with van der Waals surface area (Å²) in [5.41, 5.74) is -0.0391. The molecule has 2 aromatic rings. The van der Waals surface area contributed by atoms with Gasteiger partial charge >= 0.3 is 6.03 Å². The lowest BCUT2D eigenvalue weighted by Crippen LogP contribution is -2.52. The van der Waals surface area contributed by atoms with Crippen molar-refractivity contribution in [1.29, 1.82) is 0 Å². The van der Waals surface area contributed by atoms with Gasteiger partial charge in [-0.25, -0.2) is 9.18 Å². The predicted molar refractivity (Wildman–Crippen MR) is 97.5 cm³/mol. The van der Waals surface area contributed by atoms with Crippen molar-refractivity contribution in [3.05, 3.63) is 63.9 Å². The highest BCUT2D eigenvalue weighted by Gasteiger charge is 2.50. The average Bonchev–Trinajstić information content (AvgIpc) is 3.11. The molecule has 144 valence electrons. The molecule has 9 heteroatoms. The van der Waals surface area contributed by atoms with Crippen molar-refractivity contribution >= 4 is 29.4 Å². The van der Waals surface area contributed by atoms with Crippen LogP contribution in [0.3, 0.4) is 0 Å². The van der Waals surface area contributed by atoms with Crippen LogP contribution in [0.1, 0.15) is 21.5 Å². The third-order valence-corrected chi connectivity index (χ3v) is 5.26. The molecule has 7 nitrogen and oxygen atoms in total. The minimum absolute atomic E-state index is 0.121. The van der Waals surface area contributed by atoms with Gasteiger partial charge in [0.15, 0.2) is 5.54 Å². The monoisotopic (exact) mass is 403 g/mol. The highest BCUT2D eigenvalue weighted by molar-refractivity contribution is 6.32. The minimum Gasteiger partial charge on any atom is -0.495 e. The zero-order valence-electron chi connectivity index (χ0n) is 14.7. The highest BCUT2D eigenvalue weighted by atomic mass is 35.5. The number of carbonyl (C=O) groups excluding carboxylic acids is 3. The van der Waals surface area contributed by atoms with Gasteiger partial charge < -0.3 is 15.0 Å². The summed E-state index contributed by atoms with van der Waals surface area (Å²) in [7, 11) is 1.48. The van der Waals surface area contributed by atoms with Crippen LogP contribution in [0.5, 0.6) is 5.75 Å². The van der Waals surface area contributed by atoms with Crippen LogP contribution in [-0.2, 0) is 16.9 Å². The Hall–Kier alpha value is -3.13. The van der Waals surface area contributed by atoms with Crippen LogP contribution in [0, 0.1) is 5.82 Å². The number of imide groups is 1. The summed E-state index contributed by atoms with van der Waals surface area (Å²) < 4.78 is 18.5. The maximum absolute atomic E-state index is 13.4. The standard InChI is InChI=1S/C19H15ClFN3O4/c1-28-15-6-10-8-24(16(25)13(10)7-14(15)20)9-19(17(26)22-18(27)23-19)11-2-4-12(21)5-3-11/h2-7H,8-9H2,1H3,(H2,22,23,26,27). The van der Waals surface area contributed by atoms with E-state index in [1.807, 2.05) is 0 Å². The van der Waals surface area contributed by atoms with Crippen LogP contribution in [0.25, 0.3) is 0 Å². The summed E-state index contributed by atoms with van der Waals surface area (Å²) in [6, 6.07) is 7.73. The molecule has 0 saturated carbocycles. The topological polar surface area (TPSA) is 87.7 Å². The van der Waals surface area contributed by atoms with Gasteiger partial charge in [-0.3, -0.25) is 14.9 Å². The third kappa shape index (κ3) is 2.77. The summed E-state index contributed by atoms with van der Waals surface area (Å²) in [5, 5.41) is 5.09. The van der Waals surface area contributed by atoms with Gasteiger partial charge in [0.2, 0.25) is 0 Å². The molecular formula is C19H15ClFN3O4. The van der Waals surface area contributed by atoms with Gasteiger partial charge in [0.05, 0.1) is 18.7 Å². The number of hydrogen-bond acceptors (Lipinski definition) is 4. The summed E-state index contributed by atoms with van der Waals surface area (Å²) in [6.07, 6.45) is 0. The van der Waals surface area contributed by atoms with Crippen LogP contribution < -0.4 is 15.4 Å². The zero-order valence-corrected chi connectivity index (χ0v) is 15.5. The number of nitrogens with one attached hydrogen (secondary N) is 2. The van der Waals surface area contributed by atoms with Gasteiger partial charge in [-0.2, -0.15) is 0 Å². The lowest BCUT2D eigenvalue weighted by Gasteiger charge is -2.31. The lowest BCUT2D eigenvalue weighted by atomic mass is 9.89. The van der Waals surface area contributed by atoms with E-state index in [4.69, 9.17) is 16.3 Å². The van der Waals surface area contributed by atoms with Crippen LogP contribution in [-0.4, -0.2) is 36.4 Å². The molecule has 2 N–H and O–H groups in total. The molecule has 4 rings (SSSR count). The van der Waals surface area contributed by atoms with Crippen molar-refractivity contribution < 1.29 is 23.5 Å². The van der Waals surface area contributed by atoms with Crippen LogP contribution >= 0.6 is 11.6 Å². The van der Waals surface area contributed by atoms with E-state index < -0.39 is 23.3 Å². The first kappa shape index (κ1) is 18.2. The SMILES string of the molecule is COc1cc2c(cc1Cl)C(=O)N(CC1(c3ccc(F)cc3)NC(=O)NC1=O)C2. The molecular weight excluding hydrogens is 389 g/mol. The Labute approximate surface area is 164 Å². The molecule has 0 aromatic heterocycles. The maximum Gasteiger partial charge on any atom is 0.322 e. The number of halogens is 2. The summed E-state index contributed by atoms with van der Waals surface area (Å²) in [4.78, 5) is 38.8. The van der Waals surface area contributed by atoms with Crippen molar-refractivity contribution in [3.63, 3.8) is 0 Å². The molecule has 1 atom stereocenters. The fourth-order valence-electron chi connectivity index (χ4n) is 3.58. The van der Waals surface area contributed by atoms with Crippen LogP contribution in [0.15, 0.2) is 36.4 Å². The number of methoxy groups -OCH3 is 1. The van der Waals surface area contributed by atoms with E-state index in [-0.39, 0.29) is 19.0 Å². The minimum atomic E-state index is -1.52. The second kappa shape index (κ2) is 6.49. The van der Waals surface area contributed by atoms with Gasteiger partial charge in [0, 0.05) is 12.1 Å². The molecule has 0 radical (unpaired) electrons. The fourth-order valence-corrected chi connectivity index (χ4v) is 3.82. The molecule has 4 amide bonds.